The highest BCUT2D eigenvalue weighted by Gasteiger charge is 2.13. The number of benzene rings is 1. The number of hydrogen-bond donors (Lipinski definition) is 1. The minimum Gasteiger partial charge on any atom is -0.392 e. The van der Waals surface area contributed by atoms with E-state index in [0.717, 1.165) is 13.1 Å². The maximum Gasteiger partial charge on any atom is 0.296 e. The van der Waals surface area contributed by atoms with Gasteiger partial charge in [0.1, 0.15) is 5.69 Å². The summed E-state index contributed by atoms with van der Waals surface area (Å²) in [6, 6.07) is 9.26. The highest BCUT2D eigenvalue weighted by molar-refractivity contribution is 5.85. The van der Waals surface area contributed by atoms with Crippen LogP contribution in [0.5, 0.6) is 0 Å². The normalized spacial score (nSPS) is 9.90. The molecule has 2 aromatic rings. The van der Waals surface area contributed by atoms with E-state index in [1.807, 2.05) is 49.1 Å². The molecule has 0 amide bonds. The fourth-order valence-electron chi connectivity index (χ4n) is 2.03. The molecule has 0 saturated heterocycles. The van der Waals surface area contributed by atoms with Crippen LogP contribution in [0.2, 0.25) is 0 Å². The van der Waals surface area contributed by atoms with Crippen molar-refractivity contribution >= 4 is 23.8 Å². The van der Waals surface area contributed by atoms with E-state index in [9.17, 15) is 4.79 Å². The second kappa shape index (κ2) is 6.96. The van der Waals surface area contributed by atoms with Gasteiger partial charge in [0, 0.05) is 13.1 Å². The van der Waals surface area contributed by atoms with Crippen molar-refractivity contribution in [3.8, 4) is 5.69 Å². The van der Waals surface area contributed by atoms with Crippen molar-refractivity contribution in [1.29, 1.82) is 0 Å². The molecule has 0 spiro atoms. The molecule has 5 nitrogen and oxygen atoms in total. The first-order valence-corrected chi connectivity index (χ1v) is 6.37. The first-order chi connectivity index (χ1) is 9.19. The molecule has 1 heterocycles. The average Bonchev–Trinajstić information content (AvgIpc) is 2.46. The Labute approximate surface area is 124 Å². The molecule has 1 aromatic heterocycles. The fraction of sp³-hybridized carbons (Fsp3) is 0.286. The molecule has 6 heteroatoms. The van der Waals surface area contributed by atoms with Crippen LogP contribution in [-0.4, -0.2) is 22.9 Å². The molecule has 1 aromatic carbocycles. The van der Waals surface area contributed by atoms with Crippen LogP contribution >= 0.6 is 12.4 Å². The van der Waals surface area contributed by atoms with Crippen molar-refractivity contribution in [2.24, 2.45) is 0 Å². The van der Waals surface area contributed by atoms with Crippen LogP contribution in [0.4, 0.5) is 11.4 Å². The van der Waals surface area contributed by atoms with Gasteiger partial charge in [-0.05, 0) is 26.0 Å². The predicted molar refractivity (Wildman–Crippen MR) is 85.1 cm³/mol. The highest BCUT2D eigenvalue weighted by Crippen LogP contribution is 2.18. The van der Waals surface area contributed by atoms with Crippen molar-refractivity contribution in [1.82, 2.24) is 9.78 Å². The minimum atomic E-state index is -0.282. The molecule has 0 saturated carbocycles. The summed E-state index contributed by atoms with van der Waals surface area (Å²) >= 11 is 0. The molecule has 0 atom stereocenters. The zero-order valence-corrected chi connectivity index (χ0v) is 12.4. The molecular formula is C14H19ClN4O. The van der Waals surface area contributed by atoms with E-state index in [2.05, 4.69) is 5.10 Å². The van der Waals surface area contributed by atoms with Gasteiger partial charge in [0.15, 0.2) is 0 Å². The maximum absolute atomic E-state index is 12.3. The molecule has 0 aliphatic rings. The van der Waals surface area contributed by atoms with E-state index in [4.69, 9.17) is 5.73 Å². The number of rotatable bonds is 4. The predicted octanol–water partition coefficient (Wildman–Crippen LogP) is 2.08. The van der Waals surface area contributed by atoms with Crippen molar-refractivity contribution in [3.05, 3.63) is 46.9 Å². The molecular weight excluding hydrogens is 276 g/mol. The Morgan fingerprint density at radius 3 is 2.35 bits per heavy atom. The maximum atomic E-state index is 12.3. The first kappa shape index (κ1) is 16.0. The van der Waals surface area contributed by atoms with Gasteiger partial charge in [0.05, 0.1) is 17.6 Å². The van der Waals surface area contributed by atoms with Gasteiger partial charge in [-0.25, -0.2) is 0 Å². The summed E-state index contributed by atoms with van der Waals surface area (Å²) in [5.74, 6) is 0. The lowest BCUT2D eigenvalue weighted by Gasteiger charge is -2.22. The van der Waals surface area contributed by atoms with E-state index < -0.39 is 0 Å². The number of nitrogens with two attached hydrogens (primary N) is 1. The van der Waals surface area contributed by atoms with Crippen molar-refractivity contribution < 1.29 is 0 Å². The third-order valence-corrected chi connectivity index (χ3v) is 3.10. The molecule has 0 fully saturated rings. The minimum absolute atomic E-state index is 0. The van der Waals surface area contributed by atoms with Gasteiger partial charge >= 0.3 is 0 Å². The van der Waals surface area contributed by atoms with Gasteiger partial charge in [-0.15, -0.1) is 12.4 Å². The van der Waals surface area contributed by atoms with Crippen LogP contribution < -0.4 is 16.2 Å². The van der Waals surface area contributed by atoms with E-state index in [1.165, 1.54) is 4.68 Å². The van der Waals surface area contributed by atoms with Crippen LogP contribution in [0.15, 0.2) is 41.3 Å². The Morgan fingerprint density at radius 1 is 1.20 bits per heavy atom. The number of aromatic nitrogens is 2. The first-order valence-electron chi connectivity index (χ1n) is 6.37. The Bertz CT molecular complexity index is 608. The van der Waals surface area contributed by atoms with Crippen molar-refractivity contribution in [2.45, 2.75) is 13.8 Å². The van der Waals surface area contributed by atoms with Gasteiger partial charge in [-0.3, -0.25) is 4.79 Å². The molecule has 108 valence electrons. The third-order valence-electron chi connectivity index (χ3n) is 3.10. The Balaban J connectivity index is 0.00000200. The van der Waals surface area contributed by atoms with Gasteiger partial charge < -0.3 is 10.6 Å². The molecule has 0 aliphatic heterocycles. The van der Waals surface area contributed by atoms with Crippen LogP contribution in [0.3, 0.4) is 0 Å². The summed E-state index contributed by atoms with van der Waals surface area (Å²) in [7, 11) is 0. The number of halogens is 1. The zero-order valence-electron chi connectivity index (χ0n) is 11.6. The highest BCUT2D eigenvalue weighted by atomic mass is 35.5. The second-order valence-electron chi connectivity index (χ2n) is 4.17. The zero-order chi connectivity index (χ0) is 13.8. The lowest BCUT2D eigenvalue weighted by atomic mass is 10.3. The fourth-order valence-corrected chi connectivity index (χ4v) is 2.03. The Kier molecular flexibility index (Phi) is 5.58. The quantitative estimate of drug-likeness (QED) is 0.938. The smallest absolute Gasteiger partial charge is 0.296 e. The monoisotopic (exact) mass is 294 g/mol. The van der Waals surface area contributed by atoms with Gasteiger partial charge in [0.25, 0.3) is 5.56 Å². The van der Waals surface area contributed by atoms with Gasteiger partial charge in [0.2, 0.25) is 0 Å². The van der Waals surface area contributed by atoms with E-state index >= 15 is 0 Å². The van der Waals surface area contributed by atoms with Crippen molar-refractivity contribution in [3.63, 3.8) is 0 Å². The van der Waals surface area contributed by atoms with Crippen LogP contribution in [0, 0.1) is 0 Å². The summed E-state index contributed by atoms with van der Waals surface area (Å²) in [6.07, 6.45) is 1.65. The van der Waals surface area contributed by atoms with Crippen LogP contribution in [0.1, 0.15) is 13.8 Å². The van der Waals surface area contributed by atoms with E-state index in [0.29, 0.717) is 11.4 Å². The third kappa shape index (κ3) is 2.93. The van der Waals surface area contributed by atoms with Gasteiger partial charge in [-0.1, -0.05) is 18.2 Å². The number of nitrogens with zero attached hydrogens (tertiary/aromatic N) is 3. The van der Waals surface area contributed by atoms with Crippen LogP contribution in [-0.2, 0) is 0 Å². The van der Waals surface area contributed by atoms with Crippen molar-refractivity contribution in [2.75, 3.05) is 23.7 Å². The lowest BCUT2D eigenvalue weighted by molar-refractivity contribution is 0.790. The molecule has 2 rings (SSSR count). The summed E-state index contributed by atoms with van der Waals surface area (Å²) < 4.78 is 1.32. The SMILES string of the molecule is CCN(CC)c1cnn(-c2ccccc2)c(=O)c1N.Cl. The van der Waals surface area contributed by atoms with Crippen LogP contribution in [0.25, 0.3) is 5.69 Å². The Hall–Kier alpha value is -2.01. The lowest BCUT2D eigenvalue weighted by Crippen LogP contribution is -2.30. The number of hydrogen-bond acceptors (Lipinski definition) is 4. The van der Waals surface area contributed by atoms with E-state index in [1.54, 1.807) is 6.20 Å². The summed E-state index contributed by atoms with van der Waals surface area (Å²) in [5, 5.41) is 4.21. The average molecular weight is 295 g/mol. The topological polar surface area (TPSA) is 64.2 Å². The number of para-hydroxylation sites is 1. The largest absolute Gasteiger partial charge is 0.392 e. The van der Waals surface area contributed by atoms with Gasteiger partial charge in [-0.2, -0.15) is 9.78 Å². The number of nitrogen functional groups attached to an aromatic ring is 1. The molecule has 20 heavy (non-hydrogen) atoms. The molecule has 0 aliphatic carbocycles. The number of anilines is 2. The summed E-state index contributed by atoms with van der Waals surface area (Å²) in [6.45, 7) is 5.62. The molecule has 0 radical (unpaired) electrons. The molecule has 0 bridgehead atoms. The van der Waals surface area contributed by atoms with E-state index in [-0.39, 0.29) is 23.7 Å². The summed E-state index contributed by atoms with van der Waals surface area (Å²) in [4.78, 5) is 14.3. The standard InChI is InChI=1S/C14H18N4O.ClH/c1-3-17(4-2)12-10-16-18(14(19)13(12)15)11-8-6-5-7-9-11;/h5-10H,3-4,15H2,1-2H3;1H. The summed E-state index contributed by atoms with van der Waals surface area (Å²) in [5.41, 5.74) is 7.32. The molecule has 0 unspecified atom stereocenters. The Morgan fingerprint density at radius 2 is 1.80 bits per heavy atom. The molecule has 2 N–H and O–H groups in total. The second-order valence-corrected chi connectivity index (χ2v) is 4.17.